The van der Waals surface area contributed by atoms with Gasteiger partial charge in [0.15, 0.2) is 17.5 Å². The number of piperazine rings is 1. The normalized spacial score (nSPS) is 18.0. The number of nitrogens with one attached hydrogen (secondary N) is 2. The van der Waals surface area contributed by atoms with E-state index in [0.717, 1.165) is 62.9 Å². The van der Waals surface area contributed by atoms with Crippen molar-refractivity contribution >= 4 is 17.6 Å². The van der Waals surface area contributed by atoms with Crippen molar-refractivity contribution in [1.82, 2.24) is 15.1 Å². The third-order valence-electron chi connectivity index (χ3n) is 4.77. The molecule has 0 bridgehead atoms. The number of carbonyl (C=O) groups excluding carboxylic acids is 1. The number of guanidine groups is 1. The van der Waals surface area contributed by atoms with Crippen molar-refractivity contribution in [1.29, 1.82) is 0 Å². The molecule has 0 spiro atoms. The molecule has 148 valence electrons. The largest absolute Gasteiger partial charge is 0.490 e. The van der Waals surface area contributed by atoms with Crippen molar-refractivity contribution in [3.8, 4) is 11.5 Å². The van der Waals surface area contributed by atoms with Crippen LogP contribution in [-0.2, 0) is 4.79 Å². The average Bonchev–Trinajstić information content (AvgIpc) is 2.92. The van der Waals surface area contributed by atoms with Gasteiger partial charge in [-0.25, -0.2) is 0 Å². The molecule has 27 heavy (non-hydrogen) atoms. The number of anilines is 1. The zero-order chi connectivity index (χ0) is 19.1. The molecular formula is C19H29N5O3. The van der Waals surface area contributed by atoms with Gasteiger partial charge in [-0.05, 0) is 12.1 Å². The van der Waals surface area contributed by atoms with Gasteiger partial charge >= 0.3 is 0 Å². The van der Waals surface area contributed by atoms with Gasteiger partial charge in [-0.2, -0.15) is 0 Å². The standard InChI is InChI=1S/C19H29N5O3/c1-15(25)24-10-8-23(9-11-24)7-6-21-19(20-2)22-16-4-5-17-18(14-16)27-13-3-12-26-17/h4-5,14H,3,6-13H2,1-2H3,(H2,20,21,22). The first-order valence-electron chi connectivity index (χ1n) is 9.51. The maximum atomic E-state index is 11.4. The van der Waals surface area contributed by atoms with Gasteiger partial charge in [0.25, 0.3) is 0 Å². The summed E-state index contributed by atoms with van der Waals surface area (Å²) in [5, 5.41) is 6.63. The van der Waals surface area contributed by atoms with Crippen molar-refractivity contribution in [2.24, 2.45) is 4.99 Å². The van der Waals surface area contributed by atoms with E-state index in [-0.39, 0.29) is 5.91 Å². The molecule has 1 amide bonds. The minimum Gasteiger partial charge on any atom is -0.490 e. The van der Waals surface area contributed by atoms with Gasteiger partial charge in [0, 0.05) is 71.4 Å². The van der Waals surface area contributed by atoms with Gasteiger partial charge in [-0.3, -0.25) is 14.7 Å². The number of aliphatic imine (C=N–C) groups is 1. The Morgan fingerprint density at radius 1 is 1.15 bits per heavy atom. The summed E-state index contributed by atoms with van der Waals surface area (Å²) in [6.07, 6.45) is 0.890. The third-order valence-corrected chi connectivity index (χ3v) is 4.77. The molecule has 1 fully saturated rings. The van der Waals surface area contributed by atoms with Crippen LogP contribution in [0.1, 0.15) is 13.3 Å². The van der Waals surface area contributed by atoms with Crippen LogP contribution >= 0.6 is 0 Å². The van der Waals surface area contributed by atoms with E-state index in [2.05, 4.69) is 20.5 Å². The molecule has 2 aliphatic rings. The average molecular weight is 375 g/mol. The summed E-state index contributed by atoms with van der Waals surface area (Å²) in [4.78, 5) is 19.9. The second kappa shape index (κ2) is 9.45. The number of fused-ring (bicyclic) bond motifs is 1. The van der Waals surface area contributed by atoms with Crippen molar-refractivity contribution in [2.75, 3.05) is 64.8 Å². The molecule has 0 aromatic heterocycles. The van der Waals surface area contributed by atoms with Crippen LogP contribution in [0.3, 0.4) is 0 Å². The lowest BCUT2D eigenvalue weighted by atomic mass is 10.2. The van der Waals surface area contributed by atoms with Crippen LogP contribution in [0, 0.1) is 0 Å². The van der Waals surface area contributed by atoms with Crippen LogP contribution in [-0.4, -0.2) is 81.2 Å². The molecule has 2 aliphatic heterocycles. The van der Waals surface area contributed by atoms with E-state index in [1.807, 2.05) is 23.1 Å². The highest BCUT2D eigenvalue weighted by Crippen LogP contribution is 2.32. The molecule has 0 saturated carbocycles. The molecule has 2 N–H and O–H groups in total. The van der Waals surface area contributed by atoms with E-state index in [1.54, 1.807) is 14.0 Å². The molecule has 8 nitrogen and oxygen atoms in total. The fourth-order valence-electron chi connectivity index (χ4n) is 3.18. The van der Waals surface area contributed by atoms with Crippen LogP contribution in [0.25, 0.3) is 0 Å². The van der Waals surface area contributed by atoms with Crippen molar-refractivity contribution in [3.05, 3.63) is 18.2 Å². The highest BCUT2D eigenvalue weighted by molar-refractivity contribution is 5.93. The van der Waals surface area contributed by atoms with Gasteiger partial charge in [-0.15, -0.1) is 0 Å². The zero-order valence-electron chi connectivity index (χ0n) is 16.2. The summed E-state index contributed by atoms with van der Waals surface area (Å²) in [5.41, 5.74) is 0.905. The van der Waals surface area contributed by atoms with Crippen molar-refractivity contribution < 1.29 is 14.3 Å². The molecule has 1 aromatic carbocycles. The Balaban J connectivity index is 1.45. The van der Waals surface area contributed by atoms with Crippen LogP contribution in [0.15, 0.2) is 23.2 Å². The Morgan fingerprint density at radius 2 is 1.89 bits per heavy atom. The first-order valence-corrected chi connectivity index (χ1v) is 9.51. The van der Waals surface area contributed by atoms with Gasteiger partial charge in [-0.1, -0.05) is 0 Å². The number of benzene rings is 1. The molecule has 0 unspecified atom stereocenters. The summed E-state index contributed by atoms with van der Waals surface area (Å²) >= 11 is 0. The quantitative estimate of drug-likeness (QED) is 0.604. The predicted octanol–water partition coefficient (Wildman–Crippen LogP) is 0.999. The minimum atomic E-state index is 0.160. The van der Waals surface area contributed by atoms with E-state index in [1.165, 1.54) is 0 Å². The minimum absolute atomic E-state index is 0.160. The van der Waals surface area contributed by atoms with E-state index in [4.69, 9.17) is 9.47 Å². The Morgan fingerprint density at radius 3 is 2.59 bits per heavy atom. The SMILES string of the molecule is CN=C(NCCN1CCN(C(C)=O)CC1)Nc1ccc2c(c1)OCCCO2. The molecule has 0 radical (unpaired) electrons. The van der Waals surface area contributed by atoms with E-state index < -0.39 is 0 Å². The Bertz CT molecular complexity index is 671. The highest BCUT2D eigenvalue weighted by Gasteiger charge is 2.18. The van der Waals surface area contributed by atoms with Crippen LogP contribution < -0.4 is 20.1 Å². The first kappa shape index (κ1) is 19.3. The number of amides is 1. The second-order valence-corrected chi connectivity index (χ2v) is 6.68. The maximum absolute atomic E-state index is 11.4. The third kappa shape index (κ3) is 5.50. The Kier molecular flexibility index (Phi) is 6.75. The number of ether oxygens (including phenoxy) is 2. The summed E-state index contributed by atoms with van der Waals surface area (Å²) in [7, 11) is 1.75. The maximum Gasteiger partial charge on any atom is 0.219 e. The number of nitrogens with zero attached hydrogens (tertiary/aromatic N) is 3. The molecule has 8 heteroatoms. The molecule has 2 heterocycles. The molecule has 0 atom stereocenters. The smallest absolute Gasteiger partial charge is 0.219 e. The van der Waals surface area contributed by atoms with Gasteiger partial charge < -0.3 is 25.0 Å². The van der Waals surface area contributed by atoms with Gasteiger partial charge in [0.1, 0.15) is 0 Å². The van der Waals surface area contributed by atoms with Crippen molar-refractivity contribution in [3.63, 3.8) is 0 Å². The first-order chi connectivity index (χ1) is 13.2. The Hall–Kier alpha value is -2.48. The lowest BCUT2D eigenvalue weighted by Gasteiger charge is -2.34. The Labute approximate surface area is 160 Å². The monoisotopic (exact) mass is 375 g/mol. The van der Waals surface area contributed by atoms with E-state index >= 15 is 0 Å². The fourth-order valence-corrected chi connectivity index (χ4v) is 3.18. The van der Waals surface area contributed by atoms with Crippen LogP contribution in [0.5, 0.6) is 11.5 Å². The summed E-state index contributed by atoms with van der Waals surface area (Å²) < 4.78 is 11.4. The van der Waals surface area contributed by atoms with E-state index in [9.17, 15) is 4.79 Å². The van der Waals surface area contributed by atoms with E-state index in [0.29, 0.717) is 19.2 Å². The molecule has 3 rings (SSSR count). The van der Waals surface area contributed by atoms with Crippen LogP contribution in [0.4, 0.5) is 5.69 Å². The summed E-state index contributed by atoms with van der Waals surface area (Å²) in [6.45, 7) is 8.11. The number of hydrogen-bond acceptors (Lipinski definition) is 5. The lowest BCUT2D eigenvalue weighted by molar-refractivity contribution is -0.130. The second-order valence-electron chi connectivity index (χ2n) is 6.68. The number of rotatable bonds is 4. The van der Waals surface area contributed by atoms with Crippen LogP contribution in [0.2, 0.25) is 0 Å². The lowest BCUT2D eigenvalue weighted by Crippen LogP contribution is -2.50. The summed E-state index contributed by atoms with van der Waals surface area (Å²) in [5.74, 6) is 2.42. The summed E-state index contributed by atoms with van der Waals surface area (Å²) in [6, 6.07) is 5.82. The zero-order valence-corrected chi connectivity index (χ0v) is 16.2. The topological polar surface area (TPSA) is 78.4 Å². The van der Waals surface area contributed by atoms with Gasteiger partial charge in [0.05, 0.1) is 13.2 Å². The molecule has 1 saturated heterocycles. The number of hydrogen-bond donors (Lipinski definition) is 2. The molecule has 0 aliphatic carbocycles. The molecule has 1 aromatic rings. The molecular weight excluding hydrogens is 346 g/mol. The van der Waals surface area contributed by atoms with Gasteiger partial charge in [0.2, 0.25) is 5.91 Å². The van der Waals surface area contributed by atoms with Crippen molar-refractivity contribution in [2.45, 2.75) is 13.3 Å². The number of carbonyl (C=O) groups is 1. The predicted molar refractivity (Wildman–Crippen MR) is 106 cm³/mol. The highest BCUT2D eigenvalue weighted by atomic mass is 16.5. The fraction of sp³-hybridized carbons (Fsp3) is 0.579.